The van der Waals surface area contributed by atoms with Crippen LogP contribution in [-0.4, -0.2) is 38.0 Å². The number of benzene rings is 1. The number of hydrogen-bond acceptors (Lipinski definition) is 3. The molecule has 4 rings (SSSR count). The summed E-state index contributed by atoms with van der Waals surface area (Å²) in [6, 6.07) is 8.35. The second-order valence-electron chi connectivity index (χ2n) is 8.03. The Morgan fingerprint density at radius 1 is 1.24 bits per heavy atom. The topological polar surface area (TPSA) is 50.5 Å². The molecule has 1 aliphatic carbocycles. The first-order valence-corrected chi connectivity index (χ1v) is 10.6. The van der Waals surface area contributed by atoms with Gasteiger partial charge in [-0.05, 0) is 50.8 Å². The summed E-state index contributed by atoms with van der Waals surface area (Å²) in [5.74, 6) is 2.84. The number of carbonyl (C=O) groups excluding carboxylic acids is 1. The predicted octanol–water partition coefficient (Wildman–Crippen LogP) is 4.23. The first kappa shape index (κ1) is 19.4. The number of terminal acetylenes is 1. The molecule has 1 aromatic carbocycles. The van der Waals surface area contributed by atoms with Crippen molar-refractivity contribution in [3.8, 4) is 12.3 Å². The van der Waals surface area contributed by atoms with Crippen LogP contribution in [0.25, 0.3) is 16.6 Å². The zero-order valence-corrected chi connectivity index (χ0v) is 17.3. The quantitative estimate of drug-likeness (QED) is 0.615. The van der Waals surface area contributed by atoms with E-state index in [1.54, 1.807) is 0 Å². The monoisotopic (exact) mass is 388 g/mol. The van der Waals surface area contributed by atoms with Crippen LogP contribution in [0.2, 0.25) is 0 Å². The molecular weight excluding hydrogens is 360 g/mol. The number of aromatic nitrogens is 3. The van der Waals surface area contributed by atoms with Crippen molar-refractivity contribution in [2.24, 2.45) is 0 Å². The molecule has 5 heteroatoms. The molecule has 0 bridgehead atoms. The number of amides is 1. The lowest BCUT2D eigenvalue weighted by atomic mass is 9.93. The van der Waals surface area contributed by atoms with Crippen molar-refractivity contribution >= 4 is 22.5 Å². The molecule has 1 saturated carbocycles. The molecule has 0 unspecified atom stereocenters. The Bertz CT molecular complexity index is 1090. The van der Waals surface area contributed by atoms with Crippen LogP contribution in [0.15, 0.2) is 24.3 Å². The van der Waals surface area contributed by atoms with E-state index in [-0.39, 0.29) is 5.91 Å². The van der Waals surface area contributed by atoms with E-state index in [1.807, 2.05) is 34.5 Å². The summed E-state index contributed by atoms with van der Waals surface area (Å²) in [7, 11) is 0. The third-order valence-electron chi connectivity index (χ3n) is 6.20. The van der Waals surface area contributed by atoms with Gasteiger partial charge in [0.15, 0.2) is 5.65 Å². The Morgan fingerprint density at radius 2 is 2.00 bits per heavy atom. The van der Waals surface area contributed by atoms with Crippen LogP contribution >= 0.6 is 0 Å². The maximum absolute atomic E-state index is 13.0. The summed E-state index contributed by atoms with van der Waals surface area (Å²) in [6.45, 7) is 4.49. The zero-order chi connectivity index (χ0) is 20.4. The number of nitrogens with zero attached hydrogens (tertiary/aromatic N) is 4. The van der Waals surface area contributed by atoms with E-state index in [2.05, 4.69) is 18.9 Å². The lowest BCUT2D eigenvalue weighted by Crippen LogP contribution is -2.41. The van der Waals surface area contributed by atoms with Gasteiger partial charge in [-0.1, -0.05) is 37.3 Å². The second-order valence-corrected chi connectivity index (χ2v) is 8.03. The van der Waals surface area contributed by atoms with E-state index in [9.17, 15) is 4.79 Å². The minimum atomic E-state index is 0.152. The fourth-order valence-electron chi connectivity index (χ4n) is 4.63. The highest BCUT2D eigenvalue weighted by atomic mass is 16.2. The van der Waals surface area contributed by atoms with Gasteiger partial charge in [0.25, 0.3) is 0 Å². The molecule has 0 saturated heterocycles. The van der Waals surface area contributed by atoms with E-state index in [0.29, 0.717) is 25.4 Å². The Hall–Kier alpha value is -2.87. The lowest BCUT2D eigenvalue weighted by molar-refractivity contribution is -0.133. The fraction of sp³-hybridized carbons (Fsp3) is 0.458. The van der Waals surface area contributed by atoms with Crippen LogP contribution in [0.4, 0.5) is 0 Å². The van der Waals surface area contributed by atoms with E-state index >= 15 is 0 Å². The first-order valence-electron chi connectivity index (χ1n) is 10.6. The van der Waals surface area contributed by atoms with Crippen LogP contribution in [0, 0.1) is 26.2 Å². The predicted molar refractivity (Wildman–Crippen MR) is 116 cm³/mol. The highest BCUT2D eigenvalue weighted by Gasteiger charge is 2.25. The Labute approximate surface area is 172 Å². The van der Waals surface area contributed by atoms with Crippen LogP contribution in [0.3, 0.4) is 0 Å². The van der Waals surface area contributed by atoms with Crippen molar-refractivity contribution in [1.29, 1.82) is 0 Å². The van der Waals surface area contributed by atoms with Gasteiger partial charge in [-0.2, -0.15) is 5.10 Å². The molecular formula is C24H28N4O. The van der Waals surface area contributed by atoms with Crippen molar-refractivity contribution in [1.82, 2.24) is 19.5 Å². The van der Waals surface area contributed by atoms with Crippen molar-refractivity contribution in [3.63, 3.8) is 0 Å². The molecule has 1 amide bonds. The normalized spacial score (nSPS) is 14.9. The van der Waals surface area contributed by atoms with Crippen molar-refractivity contribution < 1.29 is 4.79 Å². The number of rotatable bonds is 5. The Kier molecular flexibility index (Phi) is 5.53. The Balaban J connectivity index is 1.58. The molecule has 0 spiro atoms. The van der Waals surface area contributed by atoms with Crippen LogP contribution in [-0.2, 0) is 11.2 Å². The highest BCUT2D eigenvalue weighted by Crippen LogP contribution is 2.25. The van der Waals surface area contributed by atoms with Crippen LogP contribution in [0.1, 0.15) is 55.5 Å². The molecule has 1 aliphatic rings. The molecule has 5 nitrogen and oxygen atoms in total. The van der Waals surface area contributed by atoms with Crippen molar-refractivity contribution in [3.05, 3.63) is 41.2 Å². The minimum absolute atomic E-state index is 0.152. The van der Waals surface area contributed by atoms with Gasteiger partial charge in [0.1, 0.15) is 0 Å². The molecule has 150 valence electrons. The summed E-state index contributed by atoms with van der Waals surface area (Å²) >= 11 is 0. The van der Waals surface area contributed by atoms with Gasteiger partial charge in [0.05, 0.1) is 12.1 Å². The average Bonchev–Trinajstić information content (AvgIpc) is 3.11. The van der Waals surface area contributed by atoms with Crippen LogP contribution < -0.4 is 0 Å². The number of carbonyl (C=O) groups is 1. The number of aryl methyl sites for hydroxylation is 2. The molecule has 0 radical (unpaired) electrons. The van der Waals surface area contributed by atoms with E-state index < -0.39 is 0 Å². The molecule has 3 aromatic rings. The molecule has 0 aliphatic heterocycles. The minimum Gasteiger partial charge on any atom is -0.329 e. The third-order valence-corrected chi connectivity index (χ3v) is 6.20. The number of hydrogen-bond donors (Lipinski definition) is 0. The van der Waals surface area contributed by atoms with E-state index in [1.165, 1.54) is 19.3 Å². The summed E-state index contributed by atoms with van der Waals surface area (Å²) in [4.78, 5) is 19.8. The summed E-state index contributed by atoms with van der Waals surface area (Å²) in [6.07, 6.45) is 12.4. The first-order chi connectivity index (χ1) is 14.1. The SMILES string of the molecule is C#CCN(C(=O)CCc1c(C)nc2c3ccccc3nn2c1C)C1CCCCC1. The summed E-state index contributed by atoms with van der Waals surface area (Å²) in [5.41, 5.74) is 4.94. The van der Waals surface area contributed by atoms with Gasteiger partial charge in [0, 0.05) is 29.2 Å². The molecule has 29 heavy (non-hydrogen) atoms. The summed E-state index contributed by atoms with van der Waals surface area (Å²) in [5, 5.41) is 5.77. The van der Waals surface area contributed by atoms with Gasteiger partial charge >= 0.3 is 0 Å². The van der Waals surface area contributed by atoms with E-state index in [0.717, 1.165) is 46.3 Å². The third kappa shape index (κ3) is 3.72. The maximum Gasteiger partial charge on any atom is 0.223 e. The van der Waals surface area contributed by atoms with Gasteiger partial charge in [0.2, 0.25) is 5.91 Å². The molecule has 2 heterocycles. The Morgan fingerprint density at radius 3 is 2.76 bits per heavy atom. The largest absolute Gasteiger partial charge is 0.329 e. The number of fused-ring (bicyclic) bond motifs is 3. The standard InChI is InChI=1S/C24H28N4O/c1-4-16-27(19-10-6-5-7-11-19)23(29)15-14-20-17(2)25-24-21-12-8-9-13-22(21)26-28(24)18(20)3/h1,8-9,12-13,19H,5-7,10-11,14-16H2,2-3H3. The van der Waals surface area contributed by atoms with Crippen molar-refractivity contribution in [2.45, 2.75) is 64.8 Å². The van der Waals surface area contributed by atoms with E-state index in [4.69, 9.17) is 16.5 Å². The molecule has 1 fully saturated rings. The molecule has 2 aromatic heterocycles. The molecule has 0 atom stereocenters. The van der Waals surface area contributed by atoms with Crippen LogP contribution in [0.5, 0.6) is 0 Å². The van der Waals surface area contributed by atoms with Crippen molar-refractivity contribution in [2.75, 3.05) is 6.54 Å². The second kappa shape index (κ2) is 8.24. The maximum atomic E-state index is 13.0. The van der Waals surface area contributed by atoms with Gasteiger partial charge < -0.3 is 4.90 Å². The fourth-order valence-corrected chi connectivity index (χ4v) is 4.63. The smallest absolute Gasteiger partial charge is 0.223 e. The van der Waals surface area contributed by atoms with Gasteiger partial charge in [-0.3, -0.25) is 4.79 Å². The van der Waals surface area contributed by atoms with Gasteiger partial charge in [-0.15, -0.1) is 6.42 Å². The van der Waals surface area contributed by atoms with Gasteiger partial charge in [-0.25, -0.2) is 9.50 Å². The zero-order valence-electron chi connectivity index (χ0n) is 17.3. The lowest BCUT2D eigenvalue weighted by Gasteiger charge is -2.33. The average molecular weight is 389 g/mol. The highest BCUT2D eigenvalue weighted by molar-refractivity contribution is 5.92. The molecule has 0 N–H and O–H groups in total. The summed E-state index contributed by atoms with van der Waals surface area (Å²) < 4.78 is 1.91.